The molecule has 3 aromatic rings. The minimum absolute atomic E-state index is 0.147. The van der Waals surface area contributed by atoms with Crippen molar-refractivity contribution in [3.63, 3.8) is 0 Å². The van der Waals surface area contributed by atoms with Crippen molar-refractivity contribution in [2.24, 2.45) is 0 Å². The van der Waals surface area contributed by atoms with E-state index in [-0.39, 0.29) is 30.3 Å². The number of hydrogen-bond acceptors (Lipinski definition) is 5. The smallest absolute Gasteiger partial charge is 0.257 e. The van der Waals surface area contributed by atoms with E-state index in [0.29, 0.717) is 29.6 Å². The number of piperidine rings is 1. The molecule has 7 nitrogen and oxygen atoms in total. The number of pyridine rings is 2. The molecule has 188 valence electrons. The van der Waals surface area contributed by atoms with Crippen molar-refractivity contribution in [1.29, 1.82) is 0 Å². The number of carbonyl (C=O) groups excluding carboxylic acids is 2. The largest absolute Gasteiger partial charge is 0.350 e. The Morgan fingerprint density at radius 1 is 1.08 bits per heavy atom. The molecule has 36 heavy (non-hydrogen) atoms. The lowest BCUT2D eigenvalue weighted by atomic mass is 9.84. The molecule has 5 rings (SSSR count). The Bertz CT molecular complexity index is 1250. The van der Waals surface area contributed by atoms with Crippen molar-refractivity contribution in [2.75, 3.05) is 26.2 Å². The highest BCUT2D eigenvalue weighted by Crippen LogP contribution is 2.31. The second kappa shape index (κ2) is 10.3. The summed E-state index contributed by atoms with van der Waals surface area (Å²) in [5, 5.41) is 3.87. The average molecular weight is 494 g/mol. The molecule has 0 aliphatic carbocycles. The quantitative estimate of drug-likeness (QED) is 0.589. The zero-order valence-corrected chi connectivity index (χ0v) is 20.2. The monoisotopic (exact) mass is 493 g/mol. The minimum Gasteiger partial charge on any atom is -0.350 e. The zero-order valence-electron chi connectivity index (χ0n) is 20.2. The van der Waals surface area contributed by atoms with E-state index in [0.717, 1.165) is 37.4 Å². The molecule has 1 N–H and O–H groups in total. The Hall–Kier alpha value is -3.46. The van der Waals surface area contributed by atoms with E-state index in [2.05, 4.69) is 20.2 Å². The average Bonchev–Trinajstić information content (AvgIpc) is 3.42. The van der Waals surface area contributed by atoms with Crippen LogP contribution >= 0.6 is 0 Å². The van der Waals surface area contributed by atoms with Gasteiger partial charge in [-0.3, -0.25) is 24.5 Å². The molecular formula is C27H29F2N5O2. The van der Waals surface area contributed by atoms with Crippen molar-refractivity contribution >= 4 is 22.7 Å². The standard InChI is InChI=1S/C27H29F2N5O2/c1-17(33-8-2-3-9-33)26(35)32-24-16-34(10-6-22(24)19-11-20(28)13-21(29)12-19)27(36)23-15-30-14-18-5-4-7-31-25(18)23/h4-5,7,11-15,17,22,24H,2-3,6,8-10,16H2,1H3,(H,32,35)/t17-,22+,24-/m1/s1. The van der Waals surface area contributed by atoms with Crippen LogP contribution in [0.15, 0.2) is 48.9 Å². The van der Waals surface area contributed by atoms with Crippen LogP contribution in [0.25, 0.3) is 10.9 Å². The highest BCUT2D eigenvalue weighted by molar-refractivity contribution is 6.05. The molecule has 0 radical (unpaired) electrons. The number of carbonyl (C=O) groups is 2. The fourth-order valence-electron chi connectivity index (χ4n) is 5.40. The summed E-state index contributed by atoms with van der Waals surface area (Å²) in [4.78, 5) is 39.1. The topological polar surface area (TPSA) is 78.4 Å². The molecule has 2 aliphatic rings. The first-order valence-electron chi connectivity index (χ1n) is 12.4. The number of rotatable bonds is 5. The third kappa shape index (κ3) is 4.93. The lowest BCUT2D eigenvalue weighted by molar-refractivity contribution is -0.126. The number of benzene rings is 1. The van der Waals surface area contributed by atoms with Crippen LogP contribution in [0.1, 0.15) is 48.0 Å². The van der Waals surface area contributed by atoms with Crippen LogP contribution in [-0.4, -0.2) is 69.8 Å². The molecule has 2 saturated heterocycles. The minimum atomic E-state index is -0.660. The van der Waals surface area contributed by atoms with Gasteiger partial charge in [-0.2, -0.15) is 0 Å². The molecular weight excluding hydrogens is 464 g/mol. The lowest BCUT2D eigenvalue weighted by Crippen LogP contribution is -2.56. The second-order valence-electron chi connectivity index (χ2n) is 9.65. The van der Waals surface area contributed by atoms with Crippen LogP contribution in [0.3, 0.4) is 0 Å². The van der Waals surface area contributed by atoms with E-state index in [1.54, 1.807) is 23.4 Å². The molecule has 9 heteroatoms. The number of likely N-dealkylation sites (tertiary alicyclic amines) is 2. The summed E-state index contributed by atoms with van der Waals surface area (Å²) in [6.45, 7) is 4.19. The molecule has 0 spiro atoms. The number of nitrogens with one attached hydrogen (secondary N) is 1. The Labute approximate surface area is 208 Å². The van der Waals surface area contributed by atoms with Gasteiger partial charge in [0, 0.05) is 49.1 Å². The van der Waals surface area contributed by atoms with E-state index in [1.165, 1.54) is 18.3 Å². The molecule has 3 atom stereocenters. The summed E-state index contributed by atoms with van der Waals surface area (Å²) in [5.41, 5.74) is 1.43. The molecule has 0 bridgehead atoms. The van der Waals surface area contributed by atoms with Gasteiger partial charge >= 0.3 is 0 Å². The second-order valence-corrected chi connectivity index (χ2v) is 9.65. The lowest BCUT2D eigenvalue weighted by Gasteiger charge is -2.40. The fraction of sp³-hybridized carbons (Fsp3) is 0.407. The Kier molecular flexibility index (Phi) is 6.91. The van der Waals surface area contributed by atoms with Gasteiger partial charge in [-0.25, -0.2) is 8.78 Å². The summed E-state index contributed by atoms with van der Waals surface area (Å²) in [5.74, 6) is -2.04. The maximum Gasteiger partial charge on any atom is 0.257 e. The molecule has 4 heterocycles. The Morgan fingerprint density at radius 3 is 2.58 bits per heavy atom. The van der Waals surface area contributed by atoms with Crippen LogP contribution in [0, 0.1) is 11.6 Å². The molecule has 2 aromatic heterocycles. The number of aromatic nitrogens is 2. The summed E-state index contributed by atoms with van der Waals surface area (Å²) in [6, 6.07) is 6.27. The van der Waals surface area contributed by atoms with Crippen LogP contribution in [0.2, 0.25) is 0 Å². The van der Waals surface area contributed by atoms with Crippen LogP contribution < -0.4 is 5.32 Å². The van der Waals surface area contributed by atoms with Crippen LogP contribution in [0.4, 0.5) is 8.78 Å². The van der Waals surface area contributed by atoms with Crippen molar-refractivity contribution in [1.82, 2.24) is 25.1 Å². The maximum atomic E-state index is 14.1. The molecule has 2 aliphatic heterocycles. The summed E-state index contributed by atoms with van der Waals surface area (Å²) < 4.78 is 28.1. The number of halogens is 2. The van der Waals surface area contributed by atoms with Crippen LogP contribution in [0.5, 0.6) is 0 Å². The van der Waals surface area contributed by atoms with E-state index in [1.807, 2.05) is 13.0 Å². The van der Waals surface area contributed by atoms with Crippen molar-refractivity contribution in [2.45, 2.75) is 44.2 Å². The molecule has 2 fully saturated rings. The maximum absolute atomic E-state index is 14.1. The van der Waals surface area contributed by atoms with E-state index in [4.69, 9.17) is 0 Å². The van der Waals surface area contributed by atoms with Gasteiger partial charge in [0.1, 0.15) is 11.6 Å². The number of nitrogens with zero attached hydrogens (tertiary/aromatic N) is 4. The van der Waals surface area contributed by atoms with E-state index < -0.39 is 17.7 Å². The summed E-state index contributed by atoms with van der Waals surface area (Å²) in [6.07, 6.45) is 7.36. The zero-order chi connectivity index (χ0) is 25.2. The first-order valence-corrected chi connectivity index (χ1v) is 12.4. The highest BCUT2D eigenvalue weighted by atomic mass is 19.1. The van der Waals surface area contributed by atoms with Gasteiger partial charge in [-0.1, -0.05) is 0 Å². The Balaban J connectivity index is 1.42. The molecule has 1 aromatic carbocycles. The molecule has 2 amide bonds. The third-order valence-electron chi connectivity index (χ3n) is 7.35. The first kappa shape index (κ1) is 24.2. The Morgan fingerprint density at radius 2 is 1.83 bits per heavy atom. The van der Waals surface area contributed by atoms with Crippen molar-refractivity contribution < 1.29 is 18.4 Å². The van der Waals surface area contributed by atoms with Gasteiger partial charge in [0.15, 0.2) is 0 Å². The number of hydrogen-bond donors (Lipinski definition) is 1. The number of fused-ring (bicyclic) bond motifs is 1. The van der Waals surface area contributed by atoms with Gasteiger partial charge in [0.05, 0.1) is 23.2 Å². The fourth-order valence-corrected chi connectivity index (χ4v) is 5.40. The van der Waals surface area contributed by atoms with Crippen LogP contribution in [-0.2, 0) is 4.79 Å². The van der Waals surface area contributed by atoms with Crippen molar-refractivity contribution in [3.05, 3.63) is 71.7 Å². The summed E-state index contributed by atoms with van der Waals surface area (Å²) >= 11 is 0. The summed E-state index contributed by atoms with van der Waals surface area (Å²) in [7, 11) is 0. The van der Waals surface area contributed by atoms with Crippen molar-refractivity contribution in [3.8, 4) is 0 Å². The van der Waals surface area contributed by atoms with Gasteiger partial charge in [0.25, 0.3) is 5.91 Å². The third-order valence-corrected chi connectivity index (χ3v) is 7.35. The molecule has 0 unspecified atom stereocenters. The predicted molar refractivity (Wildman–Crippen MR) is 131 cm³/mol. The normalized spacial score (nSPS) is 21.5. The number of amides is 2. The van der Waals surface area contributed by atoms with Gasteiger partial charge < -0.3 is 10.2 Å². The first-order chi connectivity index (χ1) is 17.4. The predicted octanol–water partition coefficient (Wildman–Crippen LogP) is 3.51. The van der Waals surface area contributed by atoms with Gasteiger partial charge in [-0.05, 0) is 69.1 Å². The van der Waals surface area contributed by atoms with Gasteiger partial charge in [-0.15, -0.1) is 0 Å². The van der Waals surface area contributed by atoms with Gasteiger partial charge in [0.2, 0.25) is 5.91 Å². The van der Waals surface area contributed by atoms with E-state index >= 15 is 0 Å². The van der Waals surface area contributed by atoms with E-state index in [9.17, 15) is 18.4 Å². The SMILES string of the molecule is C[C@H](C(=O)N[C@@H]1CN(C(=O)c2cncc3cccnc23)CC[C@H]1c1cc(F)cc(F)c1)N1CCCC1. The molecule has 0 saturated carbocycles. The highest BCUT2D eigenvalue weighted by Gasteiger charge is 2.36.